The Morgan fingerprint density at radius 2 is 2.03 bits per heavy atom. The summed E-state index contributed by atoms with van der Waals surface area (Å²) in [6.07, 6.45) is 7.58. The number of ether oxygens (including phenoxy) is 1. The van der Waals surface area contributed by atoms with Gasteiger partial charge in [0.2, 0.25) is 0 Å². The van der Waals surface area contributed by atoms with Crippen LogP contribution in [0.1, 0.15) is 17.7 Å². The molecule has 150 valence electrons. The van der Waals surface area contributed by atoms with Gasteiger partial charge in [-0.25, -0.2) is 9.97 Å². The molecular formula is C22H26N6O. The van der Waals surface area contributed by atoms with Crippen molar-refractivity contribution in [3.8, 4) is 22.3 Å². The number of anilines is 1. The Morgan fingerprint density at radius 1 is 1.14 bits per heavy atom. The van der Waals surface area contributed by atoms with E-state index >= 15 is 0 Å². The van der Waals surface area contributed by atoms with Crippen LogP contribution < -0.4 is 5.32 Å². The van der Waals surface area contributed by atoms with Crippen LogP contribution in [-0.4, -0.2) is 64.0 Å². The smallest absolute Gasteiger partial charge is 0.137 e. The van der Waals surface area contributed by atoms with Crippen molar-refractivity contribution >= 4 is 5.82 Å². The molecule has 5 rings (SSSR count). The van der Waals surface area contributed by atoms with Crippen LogP contribution in [0.4, 0.5) is 5.82 Å². The molecule has 0 bridgehead atoms. The fourth-order valence-electron chi connectivity index (χ4n) is 4.20. The van der Waals surface area contributed by atoms with E-state index in [4.69, 9.17) is 4.74 Å². The van der Waals surface area contributed by atoms with Crippen molar-refractivity contribution in [3.63, 3.8) is 0 Å². The van der Waals surface area contributed by atoms with Crippen molar-refractivity contribution in [2.24, 2.45) is 7.05 Å². The van der Waals surface area contributed by atoms with Gasteiger partial charge in [0.1, 0.15) is 12.1 Å². The molecule has 7 heteroatoms. The molecular weight excluding hydrogens is 364 g/mol. The van der Waals surface area contributed by atoms with Crippen molar-refractivity contribution in [1.29, 1.82) is 0 Å². The molecule has 1 aliphatic carbocycles. The van der Waals surface area contributed by atoms with Gasteiger partial charge >= 0.3 is 0 Å². The number of fused-ring (bicyclic) bond motifs is 3. The van der Waals surface area contributed by atoms with Gasteiger partial charge in [0.25, 0.3) is 0 Å². The van der Waals surface area contributed by atoms with Gasteiger partial charge < -0.3 is 10.1 Å². The lowest BCUT2D eigenvalue weighted by Gasteiger charge is -2.26. The van der Waals surface area contributed by atoms with Crippen LogP contribution in [0, 0.1) is 0 Å². The zero-order chi connectivity index (χ0) is 19.6. The Hall–Kier alpha value is -2.77. The highest BCUT2D eigenvalue weighted by atomic mass is 16.5. The molecule has 0 saturated carbocycles. The minimum absolute atomic E-state index is 0.850. The van der Waals surface area contributed by atoms with Crippen LogP contribution in [-0.2, 0) is 18.2 Å². The molecule has 1 fully saturated rings. The quantitative estimate of drug-likeness (QED) is 0.511. The summed E-state index contributed by atoms with van der Waals surface area (Å²) in [5.74, 6) is 0.944. The summed E-state index contributed by atoms with van der Waals surface area (Å²) in [7, 11) is 1.94. The van der Waals surface area contributed by atoms with Crippen molar-refractivity contribution in [3.05, 3.63) is 48.2 Å². The van der Waals surface area contributed by atoms with Crippen molar-refractivity contribution in [2.75, 3.05) is 44.7 Å². The van der Waals surface area contributed by atoms with Gasteiger partial charge in [0.15, 0.2) is 0 Å². The summed E-state index contributed by atoms with van der Waals surface area (Å²) in [5.41, 5.74) is 7.10. The van der Waals surface area contributed by atoms with E-state index in [2.05, 4.69) is 43.5 Å². The van der Waals surface area contributed by atoms with Gasteiger partial charge in [-0.3, -0.25) is 9.58 Å². The van der Waals surface area contributed by atoms with E-state index in [0.29, 0.717) is 0 Å². The minimum atomic E-state index is 0.850. The molecule has 1 aliphatic heterocycles. The Labute approximate surface area is 170 Å². The topological polar surface area (TPSA) is 68.1 Å². The molecule has 2 aliphatic rings. The number of hydrogen-bond donors (Lipinski definition) is 1. The first-order chi connectivity index (χ1) is 14.3. The Balaban J connectivity index is 1.33. The van der Waals surface area contributed by atoms with E-state index < -0.39 is 0 Å². The average Bonchev–Trinajstić information content (AvgIpc) is 3.35. The highest BCUT2D eigenvalue weighted by Crippen LogP contribution is 2.41. The molecule has 0 atom stereocenters. The molecule has 1 N–H and O–H groups in total. The highest BCUT2D eigenvalue weighted by Gasteiger charge is 2.24. The van der Waals surface area contributed by atoms with Gasteiger partial charge in [-0.2, -0.15) is 5.10 Å². The number of nitrogens with zero attached hydrogens (tertiary/aromatic N) is 5. The third-order valence-corrected chi connectivity index (χ3v) is 5.75. The summed E-state index contributed by atoms with van der Waals surface area (Å²) >= 11 is 0. The predicted octanol–water partition coefficient (Wildman–Crippen LogP) is 2.58. The van der Waals surface area contributed by atoms with Crippen LogP contribution >= 0.6 is 0 Å². The van der Waals surface area contributed by atoms with E-state index in [0.717, 1.165) is 74.9 Å². The number of aryl methyl sites for hydroxylation is 1. The molecule has 0 spiro atoms. The van der Waals surface area contributed by atoms with Crippen LogP contribution in [0.25, 0.3) is 22.3 Å². The summed E-state index contributed by atoms with van der Waals surface area (Å²) < 4.78 is 7.26. The Bertz CT molecular complexity index is 1010. The second-order valence-electron chi connectivity index (χ2n) is 7.73. The number of rotatable bonds is 6. The normalized spacial score (nSPS) is 15.9. The number of morpholine rings is 1. The summed E-state index contributed by atoms with van der Waals surface area (Å²) in [4.78, 5) is 11.6. The van der Waals surface area contributed by atoms with Gasteiger partial charge in [-0.1, -0.05) is 12.1 Å². The molecule has 0 unspecified atom stereocenters. The molecule has 0 amide bonds. The molecule has 3 heterocycles. The second kappa shape index (κ2) is 7.93. The summed E-state index contributed by atoms with van der Waals surface area (Å²) in [6.45, 7) is 5.76. The van der Waals surface area contributed by atoms with Gasteiger partial charge in [-0.15, -0.1) is 0 Å². The lowest BCUT2D eigenvalue weighted by atomic mass is 10.0. The monoisotopic (exact) mass is 390 g/mol. The molecule has 3 aromatic rings. The van der Waals surface area contributed by atoms with E-state index in [1.807, 2.05) is 24.1 Å². The molecule has 7 nitrogen and oxygen atoms in total. The molecule has 29 heavy (non-hydrogen) atoms. The van der Waals surface area contributed by atoms with Crippen LogP contribution in [0.15, 0.2) is 36.9 Å². The lowest BCUT2D eigenvalue weighted by Crippen LogP contribution is -2.37. The SMILES string of the molecule is Cn1cc(-c2ccc3c(c2)-c2c(ncnc2NCCCN2CCOCC2)C3)cn1. The van der Waals surface area contributed by atoms with E-state index in [-0.39, 0.29) is 0 Å². The Morgan fingerprint density at radius 3 is 2.86 bits per heavy atom. The maximum absolute atomic E-state index is 5.42. The third kappa shape index (κ3) is 3.75. The van der Waals surface area contributed by atoms with Crippen molar-refractivity contribution < 1.29 is 4.74 Å². The average molecular weight is 390 g/mol. The minimum Gasteiger partial charge on any atom is -0.379 e. The summed E-state index contributed by atoms with van der Waals surface area (Å²) in [5, 5.41) is 7.87. The number of aromatic nitrogens is 4. The number of nitrogens with one attached hydrogen (secondary N) is 1. The molecule has 2 aromatic heterocycles. The van der Waals surface area contributed by atoms with E-state index in [9.17, 15) is 0 Å². The maximum atomic E-state index is 5.42. The standard InChI is InChI=1S/C22H26N6O/c1-27-14-18(13-26-27)16-3-4-17-12-20-21(19(17)11-16)22(25-15-24-20)23-5-2-6-28-7-9-29-10-8-28/h3-4,11,13-15H,2,5-10,12H2,1H3,(H,23,24,25). The van der Waals surface area contributed by atoms with Crippen LogP contribution in [0.3, 0.4) is 0 Å². The Kier molecular flexibility index (Phi) is 4.99. The number of benzene rings is 1. The van der Waals surface area contributed by atoms with Crippen LogP contribution in [0.2, 0.25) is 0 Å². The van der Waals surface area contributed by atoms with Crippen molar-refractivity contribution in [1.82, 2.24) is 24.6 Å². The molecule has 1 aromatic carbocycles. The zero-order valence-electron chi connectivity index (χ0n) is 16.8. The lowest BCUT2D eigenvalue weighted by molar-refractivity contribution is 0.0378. The molecule has 0 radical (unpaired) electrons. The fourth-order valence-corrected chi connectivity index (χ4v) is 4.20. The van der Waals surface area contributed by atoms with Gasteiger partial charge in [-0.05, 0) is 35.7 Å². The van der Waals surface area contributed by atoms with E-state index in [1.165, 1.54) is 16.7 Å². The summed E-state index contributed by atoms with van der Waals surface area (Å²) in [6, 6.07) is 6.63. The van der Waals surface area contributed by atoms with Crippen LogP contribution in [0.5, 0.6) is 0 Å². The first-order valence-electron chi connectivity index (χ1n) is 10.3. The van der Waals surface area contributed by atoms with E-state index in [1.54, 1.807) is 6.33 Å². The first-order valence-corrected chi connectivity index (χ1v) is 10.3. The molecule has 1 saturated heterocycles. The van der Waals surface area contributed by atoms with Crippen molar-refractivity contribution in [2.45, 2.75) is 12.8 Å². The second-order valence-corrected chi connectivity index (χ2v) is 7.73. The highest BCUT2D eigenvalue weighted by molar-refractivity contribution is 5.86. The third-order valence-electron chi connectivity index (χ3n) is 5.75. The number of hydrogen-bond acceptors (Lipinski definition) is 6. The van der Waals surface area contributed by atoms with Gasteiger partial charge in [0, 0.05) is 50.4 Å². The van der Waals surface area contributed by atoms with Gasteiger partial charge in [0.05, 0.1) is 25.1 Å². The first kappa shape index (κ1) is 18.3. The fraction of sp³-hybridized carbons (Fsp3) is 0.409. The largest absolute Gasteiger partial charge is 0.379 e. The zero-order valence-corrected chi connectivity index (χ0v) is 16.8. The maximum Gasteiger partial charge on any atom is 0.137 e. The predicted molar refractivity (Wildman–Crippen MR) is 113 cm³/mol.